The molecule has 2 aliphatic carbocycles. The second-order valence-electron chi connectivity index (χ2n) is 6.27. The lowest BCUT2D eigenvalue weighted by Gasteiger charge is -2.46. The van der Waals surface area contributed by atoms with Crippen LogP contribution in [0.3, 0.4) is 0 Å². The van der Waals surface area contributed by atoms with Gasteiger partial charge < -0.3 is 4.74 Å². The van der Waals surface area contributed by atoms with E-state index in [1.54, 1.807) is 0 Å². The second kappa shape index (κ2) is 5.60. The van der Waals surface area contributed by atoms with Crippen LogP contribution in [0.1, 0.15) is 38.5 Å². The predicted molar refractivity (Wildman–Crippen MR) is 66.1 cm³/mol. The first-order valence-electron chi connectivity index (χ1n) is 7.41. The molecule has 2 saturated carbocycles. The zero-order chi connectivity index (χ0) is 13.4. The van der Waals surface area contributed by atoms with E-state index in [0.717, 1.165) is 19.4 Å². The second-order valence-corrected chi connectivity index (χ2v) is 6.27. The quantitative estimate of drug-likeness (QED) is 0.730. The van der Waals surface area contributed by atoms with Gasteiger partial charge in [-0.15, -0.1) is 0 Å². The van der Waals surface area contributed by atoms with Gasteiger partial charge >= 0.3 is 0 Å². The monoisotopic (exact) mass is 277 g/mol. The number of rotatable bonds is 1. The highest BCUT2D eigenvalue weighted by atomic mass is 19.2. The normalized spacial score (nSPS) is 48.8. The lowest BCUT2D eigenvalue weighted by atomic mass is 9.82. The van der Waals surface area contributed by atoms with Gasteiger partial charge in [0.15, 0.2) is 0 Å². The molecule has 0 spiro atoms. The van der Waals surface area contributed by atoms with Crippen molar-refractivity contribution in [2.45, 2.75) is 69.2 Å². The fourth-order valence-corrected chi connectivity index (χ4v) is 3.75. The molecule has 110 valence electrons. The van der Waals surface area contributed by atoms with Gasteiger partial charge in [-0.2, -0.15) is 0 Å². The molecular weight excluding hydrogens is 255 g/mol. The van der Waals surface area contributed by atoms with Gasteiger partial charge in [0.25, 0.3) is 0 Å². The minimum Gasteiger partial charge on any atom is -0.362 e. The van der Waals surface area contributed by atoms with Gasteiger partial charge in [0, 0.05) is 24.9 Å². The molecule has 3 rings (SSSR count). The van der Waals surface area contributed by atoms with E-state index in [0.29, 0.717) is 25.6 Å². The average molecular weight is 277 g/mol. The van der Waals surface area contributed by atoms with Crippen LogP contribution in [0.2, 0.25) is 0 Å². The van der Waals surface area contributed by atoms with Gasteiger partial charge in [0.05, 0.1) is 12.8 Å². The van der Waals surface area contributed by atoms with E-state index >= 15 is 0 Å². The molecule has 1 aliphatic heterocycles. The predicted octanol–water partition coefficient (Wildman–Crippen LogP) is 3.01. The van der Waals surface area contributed by atoms with E-state index in [-0.39, 0.29) is 24.9 Å². The van der Waals surface area contributed by atoms with Gasteiger partial charge in [0.1, 0.15) is 18.5 Å². The molecule has 0 amide bonds. The van der Waals surface area contributed by atoms with Crippen LogP contribution in [0.25, 0.3) is 0 Å². The summed E-state index contributed by atoms with van der Waals surface area (Å²) in [7, 11) is 0. The molecule has 4 atom stereocenters. The van der Waals surface area contributed by atoms with E-state index in [1.807, 2.05) is 0 Å². The maximum absolute atomic E-state index is 13.5. The van der Waals surface area contributed by atoms with E-state index in [1.165, 1.54) is 0 Å². The molecule has 0 aromatic rings. The molecule has 3 aliphatic rings. The Kier molecular flexibility index (Phi) is 4.03. The fraction of sp³-hybridized carbons (Fsp3) is 1.00. The highest BCUT2D eigenvalue weighted by Crippen LogP contribution is 2.36. The highest BCUT2D eigenvalue weighted by Gasteiger charge is 2.42. The SMILES string of the molecule is FC1CCC(N2COC3CC(F)C(F)CC3C2)CC1. The summed E-state index contributed by atoms with van der Waals surface area (Å²) in [6, 6.07) is 0.356. The van der Waals surface area contributed by atoms with Crippen molar-refractivity contribution in [1.82, 2.24) is 4.90 Å². The summed E-state index contributed by atoms with van der Waals surface area (Å²) in [5.41, 5.74) is 0. The van der Waals surface area contributed by atoms with Crippen LogP contribution in [-0.2, 0) is 4.74 Å². The fourth-order valence-electron chi connectivity index (χ4n) is 3.75. The van der Waals surface area contributed by atoms with Gasteiger partial charge in [-0.05, 0) is 32.1 Å². The van der Waals surface area contributed by atoms with Gasteiger partial charge in [-0.25, -0.2) is 13.2 Å². The van der Waals surface area contributed by atoms with E-state index < -0.39 is 18.5 Å². The molecule has 0 aromatic heterocycles. The van der Waals surface area contributed by atoms with Crippen molar-refractivity contribution in [2.75, 3.05) is 13.3 Å². The summed E-state index contributed by atoms with van der Waals surface area (Å²) in [6.07, 6.45) is -0.0955. The maximum Gasteiger partial charge on any atom is 0.134 e. The first-order chi connectivity index (χ1) is 9.13. The van der Waals surface area contributed by atoms with E-state index in [4.69, 9.17) is 4.74 Å². The van der Waals surface area contributed by atoms with Gasteiger partial charge in [-0.3, -0.25) is 4.90 Å². The van der Waals surface area contributed by atoms with Crippen LogP contribution in [-0.4, -0.2) is 48.8 Å². The van der Waals surface area contributed by atoms with Crippen molar-refractivity contribution >= 4 is 0 Å². The van der Waals surface area contributed by atoms with Crippen molar-refractivity contribution in [3.8, 4) is 0 Å². The smallest absolute Gasteiger partial charge is 0.134 e. The van der Waals surface area contributed by atoms with Crippen LogP contribution in [0.15, 0.2) is 0 Å². The first kappa shape index (κ1) is 13.7. The average Bonchev–Trinajstić information content (AvgIpc) is 2.40. The van der Waals surface area contributed by atoms with Gasteiger partial charge in [-0.1, -0.05) is 0 Å². The molecule has 5 heteroatoms. The molecule has 3 fully saturated rings. The summed E-state index contributed by atoms with van der Waals surface area (Å²) in [5.74, 6) is 0.0962. The third kappa shape index (κ3) is 2.92. The molecule has 19 heavy (non-hydrogen) atoms. The Bertz CT molecular complexity index is 309. The Morgan fingerprint density at radius 3 is 2.32 bits per heavy atom. The lowest BCUT2D eigenvalue weighted by molar-refractivity contribution is -0.153. The van der Waals surface area contributed by atoms with Crippen LogP contribution < -0.4 is 0 Å². The topological polar surface area (TPSA) is 12.5 Å². The molecule has 0 N–H and O–H groups in total. The Hall–Kier alpha value is -0.290. The molecule has 1 heterocycles. The number of hydrogen-bond donors (Lipinski definition) is 0. The van der Waals surface area contributed by atoms with Crippen LogP contribution >= 0.6 is 0 Å². The third-order valence-electron chi connectivity index (χ3n) is 4.97. The number of alkyl halides is 3. The first-order valence-corrected chi connectivity index (χ1v) is 7.41. The molecule has 0 radical (unpaired) electrons. The minimum atomic E-state index is -1.37. The number of fused-ring (bicyclic) bond motifs is 1. The van der Waals surface area contributed by atoms with Crippen LogP contribution in [0.5, 0.6) is 0 Å². The van der Waals surface area contributed by atoms with Crippen molar-refractivity contribution in [3.05, 3.63) is 0 Å². The van der Waals surface area contributed by atoms with Crippen molar-refractivity contribution < 1.29 is 17.9 Å². The number of halogens is 3. The Labute approximate surface area is 112 Å². The molecular formula is C14H22F3NO. The zero-order valence-electron chi connectivity index (χ0n) is 11.1. The highest BCUT2D eigenvalue weighted by molar-refractivity contribution is 4.92. The summed E-state index contributed by atoms with van der Waals surface area (Å²) in [5, 5.41) is 0. The lowest BCUT2D eigenvalue weighted by Crippen LogP contribution is -2.54. The van der Waals surface area contributed by atoms with Crippen molar-refractivity contribution in [1.29, 1.82) is 0 Å². The number of hydrogen-bond acceptors (Lipinski definition) is 2. The van der Waals surface area contributed by atoms with Crippen molar-refractivity contribution in [3.63, 3.8) is 0 Å². The Morgan fingerprint density at radius 1 is 0.895 bits per heavy atom. The summed E-state index contributed by atoms with van der Waals surface area (Å²) < 4.78 is 45.7. The standard InChI is InChI=1S/C14H22F3NO/c15-10-1-3-11(4-2-10)18-7-9-5-12(16)13(17)6-14(9)19-8-18/h9-14H,1-8H2. The Balaban J connectivity index is 1.56. The van der Waals surface area contributed by atoms with Crippen molar-refractivity contribution in [2.24, 2.45) is 5.92 Å². The largest absolute Gasteiger partial charge is 0.362 e. The summed E-state index contributed by atoms with van der Waals surface area (Å²) in [6.45, 7) is 1.27. The van der Waals surface area contributed by atoms with Crippen LogP contribution in [0, 0.1) is 5.92 Å². The summed E-state index contributed by atoms with van der Waals surface area (Å²) >= 11 is 0. The zero-order valence-corrected chi connectivity index (χ0v) is 11.1. The van der Waals surface area contributed by atoms with Crippen LogP contribution in [0.4, 0.5) is 13.2 Å². The number of nitrogens with zero attached hydrogens (tertiary/aromatic N) is 1. The molecule has 2 nitrogen and oxygen atoms in total. The molecule has 0 bridgehead atoms. The summed E-state index contributed by atoms with van der Waals surface area (Å²) in [4.78, 5) is 2.21. The maximum atomic E-state index is 13.5. The van der Waals surface area contributed by atoms with Gasteiger partial charge in [0.2, 0.25) is 0 Å². The minimum absolute atomic E-state index is 0.0962. The molecule has 0 aromatic carbocycles. The third-order valence-corrected chi connectivity index (χ3v) is 4.97. The Morgan fingerprint density at radius 2 is 1.58 bits per heavy atom. The van der Waals surface area contributed by atoms with E-state index in [2.05, 4.69) is 4.90 Å². The molecule has 1 saturated heterocycles. The molecule has 4 unspecified atom stereocenters. The number of ether oxygens (including phenoxy) is 1. The van der Waals surface area contributed by atoms with E-state index in [9.17, 15) is 13.2 Å².